The van der Waals surface area contributed by atoms with Crippen LogP contribution in [0.25, 0.3) is 0 Å². The van der Waals surface area contributed by atoms with E-state index in [0.29, 0.717) is 13.1 Å². The molecular weight excluding hydrogens is 330 g/mol. The molecular formula is C20H29N3O3. The van der Waals surface area contributed by atoms with Gasteiger partial charge in [0.05, 0.1) is 19.6 Å². The second-order valence-electron chi connectivity index (χ2n) is 7.27. The van der Waals surface area contributed by atoms with Crippen LogP contribution in [0.2, 0.25) is 0 Å². The van der Waals surface area contributed by atoms with Crippen molar-refractivity contribution in [3.8, 4) is 5.75 Å². The molecule has 6 nitrogen and oxygen atoms in total. The lowest BCUT2D eigenvalue weighted by atomic mass is 9.99. The Bertz CT molecular complexity index is 657. The topological polar surface area (TPSA) is 63.2 Å². The molecule has 0 radical (unpaired) electrons. The van der Waals surface area contributed by atoms with Gasteiger partial charge in [0.1, 0.15) is 5.75 Å². The number of ether oxygens (including phenoxy) is 2. The highest BCUT2D eigenvalue weighted by Gasteiger charge is 2.36. The number of aliphatic imine (C=N–C) groups is 1. The molecule has 1 heterocycles. The number of nitrogens with one attached hydrogen (secondary N) is 1. The number of hydrogen-bond donors (Lipinski definition) is 1. The third kappa shape index (κ3) is 4.48. The summed E-state index contributed by atoms with van der Waals surface area (Å²) in [5.74, 6) is 2.46. The average molecular weight is 359 g/mol. The Morgan fingerprint density at radius 3 is 2.77 bits per heavy atom. The van der Waals surface area contributed by atoms with Crippen molar-refractivity contribution in [2.45, 2.75) is 26.3 Å². The number of nitrogens with zero attached hydrogens (tertiary/aromatic N) is 2. The van der Waals surface area contributed by atoms with E-state index in [4.69, 9.17) is 9.47 Å². The van der Waals surface area contributed by atoms with Crippen molar-refractivity contribution in [3.05, 3.63) is 29.8 Å². The van der Waals surface area contributed by atoms with Crippen molar-refractivity contribution in [2.24, 2.45) is 22.7 Å². The first-order valence-corrected chi connectivity index (χ1v) is 9.36. The van der Waals surface area contributed by atoms with Crippen molar-refractivity contribution in [1.29, 1.82) is 0 Å². The molecule has 1 aliphatic carbocycles. The number of hydrogen-bond acceptors (Lipinski definition) is 4. The molecule has 2 fully saturated rings. The van der Waals surface area contributed by atoms with Gasteiger partial charge in [-0.15, -0.1) is 0 Å². The van der Waals surface area contributed by atoms with Gasteiger partial charge in [-0.3, -0.25) is 9.79 Å². The Labute approximate surface area is 155 Å². The predicted molar refractivity (Wildman–Crippen MR) is 101 cm³/mol. The Hall–Kier alpha value is -2.24. The van der Waals surface area contributed by atoms with Gasteiger partial charge in [-0.1, -0.05) is 25.1 Å². The molecule has 0 aromatic heterocycles. The quantitative estimate of drug-likeness (QED) is 0.480. The van der Waals surface area contributed by atoms with E-state index in [9.17, 15) is 4.79 Å². The maximum atomic E-state index is 11.9. The van der Waals surface area contributed by atoms with Gasteiger partial charge >= 0.3 is 5.97 Å². The summed E-state index contributed by atoms with van der Waals surface area (Å²) in [7, 11) is 3.22. The van der Waals surface area contributed by atoms with Crippen LogP contribution in [0, 0.1) is 17.8 Å². The smallest absolute Gasteiger partial charge is 0.310 e. The van der Waals surface area contributed by atoms with Gasteiger partial charge in [0, 0.05) is 32.2 Å². The maximum absolute atomic E-state index is 11.9. The van der Waals surface area contributed by atoms with Crippen LogP contribution in [0.5, 0.6) is 5.75 Å². The summed E-state index contributed by atoms with van der Waals surface area (Å²) < 4.78 is 10.9. The number of benzene rings is 1. The number of likely N-dealkylation sites (tertiary alicyclic amines) is 1. The third-order valence-corrected chi connectivity index (χ3v) is 5.21. The molecule has 1 N–H and O–H groups in total. The summed E-state index contributed by atoms with van der Waals surface area (Å²) in [5.41, 5.74) is 1.12. The largest absolute Gasteiger partial charge is 0.493 e. The fourth-order valence-electron chi connectivity index (χ4n) is 3.39. The van der Waals surface area contributed by atoms with Crippen LogP contribution >= 0.6 is 0 Å². The summed E-state index contributed by atoms with van der Waals surface area (Å²) >= 11 is 0. The van der Waals surface area contributed by atoms with E-state index < -0.39 is 0 Å². The molecule has 3 rings (SSSR count). The van der Waals surface area contributed by atoms with Crippen LogP contribution in [0.3, 0.4) is 0 Å². The van der Waals surface area contributed by atoms with Gasteiger partial charge in [-0.2, -0.15) is 0 Å². The van der Waals surface area contributed by atoms with Gasteiger partial charge in [0.2, 0.25) is 0 Å². The highest BCUT2D eigenvalue weighted by atomic mass is 16.5. The summed E-state index contributed by atoms with van der Waals surface area (Å²) in [6.07, 6.45) is 2.56. The van der Waals surface area contributed by atoms with Crippen molar-refractivity contribution in [3.63, 3.8) is 0 Å². The maximum Gasteiger partial charge on any atom is 0.310 e. The first-order valence-electron chi connectivity index (χ1n) is 9.36. The summed E-state index contributed by atoms with van der Waals surface area (Å²) in [6.45, 7) is 4.94. The van der Waals surface area contributed by atoms with Gasteiger partial charge in [0.15, 0.2) is 5.96 Å². The van der Waals surface area contributed by atoms with Crippen LogP contribution in [0.1, 0.15) is 25.3 Å². The van der Waals surface area contributed by atoms with Crippen LogP contribution in [-0.4, -0.2) is 50.7 Å². The van der Waals surface area contributed by atoms with Crippen LogP contribution < -0.4 is 10.1 Å². The zero-order chi connectivity index (χ0) is 18.5. The molecule has 6 heteroatoms. The average Bonchev–Trinajstić information content (AvgIpc) is 3.41. The molecule has 0 bridgehead atoms. The first-order chi connectivity index (χ1) is 12.6. The molecule has 0 spiro atoms. The summed E-state index contributed by atoms with van der Waals surface area (Å²) in [5, 5.41) is 3.41. The lowest BCUT2D eigenvalue weighted by Gasteiger charge is -2.22. The second kappa shape index (κ2) is 8.43. The van der Waals surface area contributed by atoms with Crippen molar-refractivity contribution < 1.29 is 14.3 Å². The fourth-order valence-corrected chi connectivity index (χ4v) is 3.39. The van der Waals surface area contributed by atoms with E-state index in [1.807, 2.05) is 18.2 Å². The number of carbonyl (C=O) groups excluding carboxylic acids is 1. The van der Waals surface area contributed by atoms with E-state index in [0.717, 1.165) is 36.3 Å². The minimum atomic E-state index is -0.144. The van der Waals surface area contributed by atoms with E-state index in [1.165, 1.54) is 20.0 Å². The molecule has 142 valence electrons. The highest BCUT2D eigenvalue weighted by Crippen LogP contribution is 2.30. The normalized spacial score (nSPS) is 23.0. The lowest BCUT2D eigenvalue weighted by molar-refractivity contribution is -0.145. The zero-order valence-electron chi connectivity index (χ0n) is 15.9. The Kier molecular flexibility index (Phi) is 6.01. The monoisotopic (exact) mass is 359 g/mol. The third-order valence-electron chi connectivity index (χ3n) is 5.21. The molecule has 1 saturated carbocycles. The number of carbonyl (C=O) groups is 1. The molecule has 26 heavy (non-hydrogen) atoms. The van der Waals surface area contributed by atoms with Crippen LogP contribution in [0.4, 0.5) is 0 Å². The van der Waals surface area contributed by atoms with E-state index in [2.05, 4.69) is 28.2 Å². The van der Waals surface area contributed by atoms with Gasteiger partial charge < -0.3 is 19.7 Å². The van der Waals surface area contributed by atoms with Crippen molar-refractivity contribution in [1.82, 2.24) is 10.2 Å². The molecule has 2 unspecified atom stereocenters. The van der Waals surface area contributed by atoms with E-state index >= 15 is 0 Å². The highest BCUT2D eigenvalue weighted by molar-refractivity contribution is 5.82. The minimum absolute atomic E-state index is 0.104. The molecule has 1 aromatic rings. The number of guanidine groups is 1. The van der Waals surface area contributed by atoms with Crippen LogP contribution in [-0.2, 0) is 16.1 Å². The summed E-state index contributed by atoms with van der Waals surface area (Å²) in [6, 6.07) is 8.12. The SMILES string of the molecule is CN=C(NCc1ccccc1OCC1CC1)N1CC(C)C(C(=O)OC)C1. The number of rotatable bonds is 6. The van der Waals surface area contributed by atoms with Gasteiger partial charge in [-0.05, 0) is 30.7 Å². The molecule has 2 atom stereocenters. The number of methoxy groups -OCH3 is 1. The zero-order valence-corrected chi connectivity index (χ0v) is 15.9. The second-order valence-corrected chi connectivity index (χ2v) is 7.27. The molecule has 1 aromatic carbocycles. The summed E-state index contributed by atoms with van der Waals surface area (Å²) in [4.78, 5) is 18.4. The molecule has 1 saturated heterocycles. The Balaban J connectivity index is 1.58. The van der Waals surface area contributed by atoms with E-state index in [1.54, 1.807) is 7.05 Å². The number of para-hydroxylation sites is 1. The first kappa shape index (κ1) is 18.5. The van der Waals surface area contributed by atoms with E-state index in [-0.39, 0.29) is 17.8 Å². The van der Waals surface area contributed by atoms with Crippen molar-refractivity contribution in [2.75, 3.05) is 33.9 Å². The van der Waals surface area contributed by atoms with Crippen molar-refractivity contribution >= 4 is 11.9 Å². The fraction of sp³-hybridized carbons (Fsp3) is 0.600. The Morgan fingerprint density at radius 1 is 1.31 bits per heavy atom. The molecule has 1 aliphatic heterocycles. The molecule has 2 aliphatic rings. The predicted octanol–water partition coefficient (Wildman–Crippen LogP) is 2.29. The minimum Gasteiger partial charge on any atom is -0.493 e. The lowest BCUT2D eigenvalue weighted by Crippen LogP contribution is -2.40. The van der Waals surface area contributed by atoms with Gasteiger partial charge in [0.25, 0.3) is 0 Å². The van der Waals surface area contributed by atoms with Crippen LogP contribution in [0.15, 0.2) is 29.3 Å². The number of esters is 1. The molecule has 0 amide bonds. The van der Waals surface area contributed by atoms with Gasteiger partial charge in [-0.25, -0.2) is 0 Å². The standard InChI is InChI=1S/C20H29N3O3/c1-14-11-23(12-17(14)19(24)25-3)20(21-2)22-10-16-6-4-5-7-18(16)26-13-15-8-9-15/h4-7,14-15,17H,8-13H2,1-3H3,(H,21,22). The Morgan fingerprint density at radius 2 is 2.08 bits per heavy atom.